The van der Waals surface area contributed by atoms with Gasteiger partial charge in [0, 0.05) is 50.5 Å². The van der Waals surface area contributed by atoms with Gasteiger partial charge >= 0.3 is 0 Å². The van der Waals surface area contributed by atoms with Gasteiger partial charge in [-0.1, -0.05) is 0 Å². The Hall–Kier alpha value is -1.34. The number of fused-ring (bicyclic) bond motifs is 2. The first kappa shape index (κ1) is 15.6. The van der Waals surface area contributed by atoms with E-state index in [-0.39, 0.29) is 13.2 Å². The molecule has 0 aromatic heterocycles. The van der Waals surface area contributed by atoms with Crippen molar-refractivity contribution in [1.29, 1.82) is 0 Å². The molecule has 1 aromatic rings. The van der Waals surface area contributed by atoms with Crippen LogP contribution in [-0.2, 0) is 13.1 Å². The van der Waals surface area contributed by atoms with Gasteiger partial charge in [-0.05, 0) is 25.0 Å². The van der Waals surface area contributed by atoms with E-state index in [0.29, 0.717) is 13.5 Å². The molecule has 0 saturated carbocycles. The molecule has 0 amide bonds. The van der Waals surface area contributed by atoms with E-state index in [1.807, 2.05) is 0 Å². The standard InChI is InChI=1S/C16H24N2O4/c19-5-1-3-17-9-13-7-16-14(8-15(13)21-11-17)10-18(12-22-16)4-2-6-20/h7-8,19-20H,1-6,9-12H2. The summed E-state index contributed by atoms with van der Waals surface area (Å²) in [6.07, 6.45) is 1.53. The third-order valence-electron chi connectivity index (χ3n) is 4.10. The molecular formula is C16H24N2O4. The van der Waals surface area contributed by atoms with Crippen LogP contribution < -0.4 is 9.47 Å². The fourth-order valence-corrected chi connectivity index (χ4v) is 2.93. The van der Waals surface area contributed by atoms with Crippen molar-refractivity contribution in [3.05, 3.63) is 23.3 Å². The van der Waals surface area contributed by atoms with Crippen LogP contribution in [0.5, 0.6) is 11.5 Å². The highest BCUT2D eigenvalue weighted by atomic mass is 16.5. The van der Waals surface area contributed by atoms with Crippen LogP contribution in [-0.4, -0.2) is 59.8 Å². The summed E-state index contributed by atoms with van der Waals surface area (Å²) in [6, 6.07) is 4.16. The zero-order valence-electron chi connectivity index (χ0n) is 12.8. The molecule has 6 heteroatoms. The molecule has 3 rings (SSSR count). The lowest BCUT2D eigenvalue weighted by Gasteiger charge is -2.33. The van der Waals surface area contributed by atoms with Crippen molar-refractivity contribution in [1.82, 2.24) is 9.80 Å². The van der Waals surface area contributed by atoms with Gasteiger partial charge < -0.3 is 19.7 Å². The van der Waals surface area contributed by atoms with Crippen molar-refractivity contribution in [2.75, 3.05) is 39.8 Å². The van der Waals surface area contributed by atoms with Gasteiger partial charge in [0.15, 0.2) is 0 Å². The molecule has 0 spiro atoms. The minimum absolute atomic E-state index is 0.209. The van der Waals surface area contributed by atoms with E-state index in [0.717, 1.165) is 61.6 Å². The predicted molar refractivity (Wildman–Crippen MR) is 81.7 cm³/mol. The highest BCUT2D eigenvalue weighted by molar-refractivity contribution is 5.47. The van der Waals surface area contributed by atoms with Gasteiger partial charge in [0.1, 0.15) is 25.0 Å². The highest BCUT2D eigenvalue weighted by Gasteiger charge is 2.23. The van der Waals surface area contributed by atoms with Crippen molar-refractivity contribution in [2.45, 2.75) is 25.9 Å². The van der Waals surface area contributed by atoms with Crippen LogP contribution >= 0.6 is 0 Å². The number of hydrogen-bond donors (Lipinski definition) is 2. The van der Waals surface area contributed by atoms with E-state index >= 15 is 0 Å². The number of benzene rings is 1. The second-order valence-electron chi connectivity index (χ2n) is 5.87. The molecule has 122 valence electrons. The number of nitrogens with zero attached hydrogens (tertiary/aromatic N) is 2. The first-order valence-corrected chi connectivity index (χ1v) is 7.88. The van der Waals surface area contributed by atoms with Crippen LogP contribution in [0.4, 0.5) is 0 Å². The maximum Gasteiger partial charge on any atom is 0.142 e. The minimum Gasteiger partial charge on any atom is -0.478 e. The molecule has 0 radical (unpaired) electrons. The van der Waals surface area contributed by atoms with Crippen molar-refractivity contribution in [3.63, 3.8) is 0 Å². The van der Waals surface area contributed by atoms with Crippen LogP contribution in [0.3, 0.4) is 0 Å². The molecule has 0 fully saturated rings. The maximum atomic E-state index is 8.93. The molecule has 0 bridgehead atoms. The van der Waals surface area contributed by atoms with Gasteiger partial charge in [0.25, 0.3) is 0 Å². The predicted octanol–water partition coefficient (Wildman–Crippen LogP) is 0.755. The highest BCUT2D eigenvalue weighted by Crippen LogP contribution is 2.35. The van der Waals surface area contributed by atoms with Gasteiger partial charge in [-0.25, -0.2) is 0 Å². The fourth-order valence-electron chi connectivity index (χ4n) is 2.93. The van der Waals surface area contributed by atoms with Crippen LogP contribution in [0.1, 0.15) is 24.0 Å². The first-order valence-electron chi connectivity index (χ1n) is 7.88. The fraction of sp³-hybridized carbons (Fsp3) is 0.625. The molecule has 2 aliphatic heterocycles. The van der Waals surface area contributed by atoms with Crippen molar-refractivity contribution in [2.24, 2.45) is 0 Å². The summed E-state index contributed by atoms with van der Waals surface area (Å²) >= 11 is 0. The molecule has 2 aliphatic rings. The molecule has 2 heterocycles. The number of aliphatic hydroxyl groups excluding tert-OH is 2. The summed E-state index contributed by atoms with van der Waals surface area (Å²) in [5.74, 6) is 1.87. The summed E-state index contributed by atoms with van der Waals surface area (Å²) in [5.41, 5.74) is 2.29. The Morgan fingerprint density at radius 1 is 0.818 bits per heavy atom. The van der Waals surface area contributed by atoms with Gasteiger partial charge in [-0.15, -0.1) is 0 Å². The minimum atomic E-state index is 0.209. The van der Waals surface area contributed by atoms with Gasteiger partial charge in [-0.3, -0.25) is 9.80 Å². The Balaban J connectivity index is 1.68. The molecular weight excluding hydrogens is 284 g/mol. The normalized spacial score (nSPS) is 18.3. The molecule has 0 atom stereocenters. The summed E-state index contributed by atoms with van der Waals surface area (Å²) in [7, 11) is 0. The lowest BCUT2D eigenvalue weighted by Crippen LogP contribution is -2.35. The summed E-state index contributed by atoms with van der Waals surface area (Å²) in [5, 5.41) is 17.9. The lowest BCUT2D eigenvalue weighted by molar-refractivity contribution is 0.0786. The number of ether oxygens (including phenoxy) is 2. The van der Waals surface area contributed by atoms with Crippen molar-refractivity contribution in [3.8, 4) is 11.5 Å². The van der Waals surface area contributed by atoms with E-state index in [2.05, 4.69) is 21.9 Å². The summed E-state index contributed by atoms with van der Waals surface area (Å²) in [6.45, 7) is 4.90. The van der Waals surface area contributed by atoms with E-state index in [4.69, 9.17) is 19.7 Å². The molecule has 22 heavy (non-hydrogen) atoms. The second kappa shape index (κ2) is 7.28. The number of hydrogen-bond acceptors (Lipinski definition) is 6. The smallest absolute Gasteiger partial charge is 0.142 e. The van der Waals surface area contributed by atoms with E-state index < -0.39 is 0 Å². The monoisotopic (exact) mass is 308 g/mol. The van der Waals surface area contributed by atoms with Crippen LogP contribution in [0.2, 0.25) is 0 Å². The molecule has 0 aliphatic carbocycles. The van der Waals surface area contributed by atoms with Crippen molar-refractivity contribution < 1.29 is 19.7 Å². The maximum absolute atomic E-state index is 8.93. The van der Waals surface area contributed by atoms with Crippen LogP contribution in [0, 0.1) is 0 Å². The van der Waals surface area contributed by atoms with Gasteiger partial charge in [0.2, 0.25) is 0 Å². The SMILES string of the molecule is OCCCN1COc2cc3c(cc2C1)OCN(CCCO)C3. The summed E-state index contributed by atoms with van der Waals surface area (Å²) in [4.78, 5) is 4.36. The average molecular weight is 308 g/mol. The van der Waals surface area contributed by atoms with Crippen LogP contribution in [0.15, 0.2) is 12.1 Å². The number of aliphatic hydroxyl groups is 2. The Kier molecular flexibility index (Phi) is 5.15. The molecule has 1 aromatic carbocycles. The zero-order chi connectivity index (χ0) is 15.4. The average Bonchev–Trinajstić information content (AvgIpc) is 2.56. The Morgan fingerprint density at radius 3 is 1.68 bits per heavy atom. The molecule has 0 saturated heterocycles. The Labute approximate surface area is 130 Å². The van der Waals surface area contributed by atoms with E-state index in [1.165, 1.54) is 0 Å². The molecule has 0 unspecified atom stereocenters. The number of rotatable bonds is 6. The lowest BCUT2D eigenvalue weighted by atomic mass is 10.1. The van der Waals surface area contributed by atoms with E-state index in [1.54, 1.807) is 0 Å². The van der Waals surface area contributed by atoms with E-state index in [9.17, 15) is 0 Å². The Bertz CT molecular complexity index is 463. The topological polar surface area (TPSA) is 65.4 Å². The third kappa shape index (κ3) is 3.52. The summed E-state index contributed by atoms with van der Waals surface area (Å²) < 4.78 is 11.7. The third-order valence-corrected chi connectivity index (χ3v) is 4.10. The molecule has 2 N–H and O–H groups in total. The Morgan fingerprint density at radius 2 is 1.27 bits per heavy atom. The first-order chi connectivity index (χ1) is 10.8. The van der Waals surface area contributed by atoms with Crippen molar-refractivity contribution >= 4 is 0 Å². The largest absolute Gasteiger partial charge is 0.478 e. The van der Waals surface area contributed by atoms with Crippen LogP contribution in [0.25, 0.3) is 0 Å². The molecule has 6 nitrogen and oxygen atoms in total. The van der Waals surface area contributed by atoms with Gasteiger partial charge in [-0.2, -0.15) is 0 Å². The zero-order valence-corrected chi connectivity index (χ0v) is 12.8. The van der Waals surface area contributed by atoms with Gasteiger partial charge in [0.05, 0.1) is 0 Å². The quantitative estimate of drug-likeness (QED) is 0.809. The second-order valence-corrected chi connectivity index (χ2v) is 5.87.